The molecule has 6 heteroatoms. The monoisotopic (exact) mass is 502 g/mol. The number of nitrogens with zero attached hydrogens (tertiary/aromatic N) is 2. The van der Waals surface area contributed by atoms with E-state index in [1.54, 1.807) is 0 Å². The fourth-order valence-corrected chi connectivity index (χ4v) is 3.44. The number of nitrogens with one attached hydrogen (secondary N) is 2. The van der Waals surface area contributed by atoms with Crippen LogP contribution in [0.15, 0.2) is 29.3 Å². The van der Waals surface area contributed by atoms with Crippen LogP contribution in [0.3, 0.4) is 0 Å². The Bertz CT molecular complexity index is 598. The highest BCUT2D eigenvalue weighted by atomic mass is 127. The lowest BCUT2D eigenvalue weighted by Gasteiger charge is -2.20. The molecular formula is C22H39IN4O. The summed E-state index contributed by atoms with van der Waals surface area (Å²) in [7, 11) is 0. The molecule has 1 aliphatic heterocycles. The van der Waals surface area contributed by atoms with E-state index in [0.717, 1.165) is 37.7 Å². The molecule has 0 aromatic heterocycles. The molecule has 1 aromatic rings. The Balaban J connectivity index is 0.00000392. The van der Waals surface area contributed by atoms with Crippen LogP contribution >= 0.6 is 24.0 Å². The second kappa shape index (κ2) is 12.0. The van der Waals surface area contributed by atoms with E-state index in [1.165, 1.54) is 18.5 Å². The first-order valence-electron chi connectivity index (χ1n) is 10.4. The van der Waals surface area contributed by atoms with Gasteiger partial charge in [0.1, 0.15) is 0 Å². The van der Waals surface area contributed by atoms with Crippen LogP contribution in [-0.4, -0.2) is 55.2 Å². The van der Waals surface area contributed by atoms with Gasteiger partial charge in [0, 0.05) is 19.6 Å². The van der Waals surface area contributed by atoms with E-state index < -0.39 is 6.10 Å². The summed E-state index contributed by atoms with van der Waals surface area (Å²) in [6.07, 6.45) is 0.653. The molecule has 28 heavy (non-hydrogen) atoms. The summed E-state index contributed by atoms with van der Waals surface area (Å²) >= 11 is 0. The highest BCUT2D eigenvalue weighted by molar-refractivity contribution is 14.0. The molecule has 0 saturated carbocycles. The molecule has 160 valence electrons. The summed E-state index contributed by atoms with van der Waals surface area (Å²) in [4.78, 5) is 7.08. The minimum atomic E-state index is -0.587. The van der Waals surface area contributed by atoms with Crippen molar-refractivity contribution >= 4 is 29.9 Å². The van der Waals surface area contributed by atoms with Gasteiger partial charge < -0.3 is 20.6 Å². The van der Waals surface area contributed by atoms with Crippen molar-refractivity contribution in [3.8, 4) is 0 Å². The van der Waals surface area contributed by atoms with Crippen molar-refractivity contribution in [3.05, 3.63) is 35.4 Å². The number of rotatable bonds is 7. The van der Waals surface area contributed by atoms with Crippen LogP contribution in [-0.2, 0) is 5.41 Å². The first-order chi connectivity index (χ1) is 12.8. The largest absolute Gasteiger partial charge is 0.386 e. The Morgan fingerprint density at radius 2 is 1.89 bits per heavy atom. The Morgan fingerprint density at radius 1 is 1.21 bits per heavy atom. The molecule has 2 rings (SSSR count). The van der Waals surface area contributed by atoms with Gasteiger partial charge in [-0.1, -0.05) is 52.0 Å². The maximum absolute atomic E-state index is 10.5. The Hall–Kier alpha value is -0.860. The Morgan fingerprint density at radius 3 is 2.43 bits per heavy atom. The zero-order valence-electron chi connectivity index (χ0n) is 18.2. The number of guanidine groups is 1. The Labute approximate surface area is 188 Å². The zero-order chi connectivity index (χ0) is 19.9. The van der Waals surface area contributed by atoms with Gasteiger partial charge >= 0.3 is 0 Å². The van der Waals surface area contributed by atoms with Crippen molar-refractivity contribution in [3.63, 3.8) is 0 Å². The highest BCUT2D eigenvalue weighted by Gasteiger charge is 2.21. The second-order valence-electron chi connectivity index (χ2n) is 8.54. The molecule has 5 nitrogen and oxygen atoms in total. The molecule has 0 bridgehead atoms. The number of hydrogen-bond donors (Lipinski definition) is 3. The smallest absolute Gasteiger partial charge is 0.191 e. The minimum absolute atomic E-state index is 0. The van der Waals surface area contributed by atoms with Gasteiger partial charge in [0.25, 0.3) is 0 Å². The van der Waals surface area contributed by atoms with Gasteiger partial charge in [-0.2, -0.15) is 0 Å². The van der Waals surface area contributed by atoms with Crippen LogP contribution in [0.2, 0.25) is 0 Å². The molecule has 1 heterocycles. The lowest BCUT2D eigenvalue weighted by molar-refractivity contribution is 0.187. The lowest BCUT2D eigenvalue weighted by atomic mass is 9.86. The molecule has 1 saturated heterocycles. The van der Waals surface area contributed by atoms with Crippen LogP contribution in [0.4, 0.5) is 0 Å². The SMILES string of the molecule is CCNC(=NCC(O)c1ccc(C(C)(C)C)cc1)NCC1CCN(CC)C1.I. The van der Waals surface area contributed by atoms with Gasteiger partial charge in [-0.25, -0.2) is 0 Å². The molecule has 0 spiro atoms. The van der Waals surface area contributed by atoms with Gasteiger partial charge in [0.05, 0.1) is 12.6 Å². The van der Waals surface area contributed by atoms with Crippen molar-refractivity contribution in [2.45, 2.75) is 52.6 Å². The normalized spacial score (nSPS) is 19.2. The number of benzene rings is 1. The highest BCUT2D eigenvalue weighted by Crippen LogP contribution is 2.24. The number of aliphatic hydroxyl groups excluding tert-OH is 1. The maximum atomic E-state index is 10.5. The topological polar surface area (TPSA) is 59.9 Å². The molecule has 0 radical (unpaired) electrons. The van der Waals surface area contributed by atoms with Crippen LogP contribution < -0.4 is 10.6 Å². The molecule has 2 unspecified atom stereocenters. The second-order valence-corrected chi connectivity index (χ2v) is 8.54. The summed E-state index contributed by atoms with van der Waals surface area (Å²) in [6.45, 7) is 16.5. The third-order valence-electron chi connectivity index (χ3n) is 5.30. The molecule has 0 amide bonds. The van der Waals surface area contributed by atoms with E-state index >= 15 is 0 Å². The van der Waals surface area contributed by atoms with Crippen molar-refractivity contribution in [1.82, 2.24) is 15.5 Å². The van der Waals surface area contributed by atoms with Crippen LogP contribution in [0.1, 0.15) is 58.3 Å². The first-order valence-corrected chi connectivity index (χ1v) is 10.4. The van der Waals surface area contributed by atoms with Crippen molar-refractivity contribution in [2.75, 3.05) is 39.3 Å². The van der Waals surface area contributed by atoms with Gasteiger partial charge in [-0.05, 0) is 48.9 Å². The average Bonchev–Trinajstić information content (AvgIpc) is 3.11. The fourth-order valence-electron chi connectivity index (χ4n) is 3.44. The van der Waals surface area contributed by atoms with Crippen LogP contribution in [0, 0.1) is 5.92 Å². The third-order valence-corrected chi connectivity index (χ3v) is 5.30. The third kappa shape index (κ3) is 7.87. The molecule has 2 atom stereocenters. The molecule has 1 aromatic carbocycles. The van der Waals surface area contributed by atoms with E-state index in [2.05, 4.69) is 67.3 Å². The molecule has 0 aliphatic carbocycles. The Kier molecular flexibility index (Phi) is 10.8. The van der Waals surface area contributed by atoms with Gasteiger partial charge in [0.15, 0.2) is 5.96 Å². The molecule has 1 aliphatic rings. The van der Waals surface area contributed by atoms with Gasteiger partial charge in [-0.3, -0.25) is 4.99 Å². The fraction of sp³-hybridized carbons (Fsp3) is 0.682. The van der Waals surface area contributed by atoms with Gasteiger partial charge in [-0.15, -0.1) is 24.0 Å². The van der Waals surface area contributed by atoms with E-state index in [-0.39, 0.29) is 29.4 Å². The lowest BCUT2D eigenvalue weighted by Crippen LogP contribution is -2.40. The zero-order valence-corrected chi connectivity index (χ0v) is 20.5. The van der Waals surface area contributed by atoms with Crippen LogP contribution in [0.25, 0.3) is 0 Å². The standard InChI is InChI=1S/C22H38N4O.HI/c1-6-23-21(24-14-17-12-13-26(7-2)16-17)25-15-20(27)18-8-10-19(11-9-18)22(3,4)5;/h8-11,17,20,27H,6-7,12-16H2,1-5H3,(H2,23,24,25);1H. The quantitative estimate of drug-likeness (QED) is 0.304. The predicted molar refractivity (Wildman–Crippen MR) is 130 cm³/mol. The summed E-state index contributed by atoms with van der Waals surface area (Å²) in [5, 5.41) is 17.2. The van der Waals surface area contributed by atoms with Crippen molar-refractivity contribution < 1.29 is 5.11 Å². The number of likely N-dealkylation sites (tertiary alicyclic amines) is 1. The molecule has 1 fully saturated rings. The predicted octanol–water partition coefficient (Wildman–Crippen LogP) is 3.53. The average molecular weight is 502 g/mol. The van der Waals surface area contributed by atoms with E-state index in [9.17, 15) is 5.11 Å². The van der Waals surface area contributed by atoms with E-state index in [1.807, 2.05) is 12.1 Å². The number of hydrogen-bond acceptors (Lipinski definition) is 3. The van der Waals surface area contributed by atoms with E-state index in [4.69, 9.17) is 0 Å². The van der Waals surface area contributed by atoms with Crippen molar-refractivity contribution in [1.29, 1.82) is 0 Å². The summed E-state index contributed by atoms with van der Waals surface area (Å²) in [5.41, 5.74) is 2.31. The minimum Gasteiger partial charge on any atom is -0.386 e. The van der Waals surface area contributed by atoms with Crippen LogP contribution in [0.5, 0.6) is 0 Å². The van der Waals surface area contributed by atoms with E-state index in [0.29, 0.717) is 12.5 Å². The van der Waals surface area contributed by atoms with Crippen molar-refractivity contribution in [2.24, 2.45) is 10.9 Å². The molecule has 3 N–H and O–H groups in total. The number of halogens is 1. The number of aliphatic imine (C=N–C) groups is 1. The number of aliphatic hydroxyl groups is 1. The summed E-state index contributed by atoms with van der Waals surface area (Å²) < 4.78 is 0. The summed E-state index contributed by atoms with van der Waals surface area (Å²) in [5.74, 6) is 1.46. The molecular weight excluding hydrogens is 463 g/mol. The first kappa shape index (κ1) is 25.2. The summed E-state index contributed by atoms with van der Waals surface area (Å²) in [6, 6.07) is 8.23. The van der Waals surface area contributed by atoms with Gasteiger partial charge in [0.2, 0.25) is 0 Å². The maximum Gasteiger partial charge on any atom is 0.191 e.